The molecule has 19 aromatic carbocycles. The Morgan fingerprint density at radius 2 is 0.310 bits per heavy atom. The molecule has 0 fully saturated rings. The Labute approximate surface area is 484 Å². The third-order valence-corrected chi connectivity index (χ3v) is 19.1. The summed E-state index contributed by atoms with van der Waals surface area (Å²) in [5, 5.41) is 31.5. The molecule has 0 aromatic heterocycles. The third kappa shape index (κ3) is 6.48. The van der Waals surface area contributed by atoms with Crippen LogP contribution in [0.2, 0.25) is 0 Å². The van der Waals surface area contributed by atoms with Gasteiger partial charge in [0.1, 0.15) is 0 Å². The first kappa shape index (κ1) is 45.8. The van der Waals surface area contributed by atoms with Crippen molar-refractivity contribution in [3.05, 3.63) is 291 Å². The second-order valence-electron chi connectivity index (χ2n) is 23.3. The van der Waals surface area contributed by atoms with E-state index in [1.54, 1.807) is 0 Å². The van der Waals surface area contributed by atoms with E-state index in [0.717, 1.165) is 0 Å². The number of hydrogen-bond acceptors (Lipinski definition) is 0. The molecule has 0 nitrogen and oxygen atoms in total. The van der Waals surface area contributed by atoms with E-state index >= 15 is 0 Å². The van der Waals surface area contributed by atoms with Crippen molar-refractivity contribution in [1.29, 1.82) is 0 Å². The van der Waals surface area contributed by atoms with Gasteiger partial charge in [-0.25, -0.2) is 0 Å². The zero-order valence-electron chi connectivity index (χ0n) is 45.7. The normalized spacial score (nSPS) is 12.3. The van der Waals surface area contributed by atoms with Gasteiger partial charge in [0.25, 0.3) is 0 Å². The molecule has 0 saturated carbocycles. The predicted molar refractivity (Wildman–Crippen MR) is 363 cm³/mol. The molecule has 0 atom stereocenters. The summed E-state index contributed by atoms with van der Waals surface area (Å²) in [6, 6.07) is 110. The van der Waals surface area contributed by atoms with Gasteiger partial charge in [-0.15, -0.1) is 0 Å². The van der Waals surface area contributed by atoms with Crippen molar-refractivity contribution in [2.75, 3.05) is 0 Å². The molecule has 19 rings (SSSR count). The Bertz CT molecular complexity index is 5180. The number of hydrogen-bond donors (Lipinski definition) is 0. The van der Waals surface area contributed by atoms with E-state index in [4.69, 9.17) is 0 Å². The molecule has 0 bridgehead atoms. The molecule has 384 valence electrons. The van der Waals surface area contributed by atoms with Crippen molar-refractivity contribution in [3.63, 3.8) is 0 Å². The highest BCUT2D eigenvalue weighted by Gasteiger charge is 2.20. The average molecular weight is 1060 g/mol. The molecule has 0 spiro atoms. The van der Waals surface area contributed by atoms with Gasteiger partial charge in [-0.2, -0.15) is 0 Å². The lowest BCUT2D eigenvalue weighted by Gasteiger charge is -2.17. The van der Waals surface area contributed by atoms with E-state index in [-0.39, 0.29) is 0 Å². The number of rotatable bonds is 6. The highest BCUT2D eigenvalue weighted by Crippen LogP contribution is 2.48. The summed E-state index contributed by atoms with van der Waals surface area (Å²) < 4.78 is 0. The minimum atomic E-state index is 1.18. The van der Waals surface area contributed by atoms with Crippen LogP contribution in [0.3, 0.4) is 0 Å². The van der Waals surface area contributed by atoms with Crippen LogP contribution in [-0.4, -0.2) is 0 Å². The maximum absolute atomic E-state index is 2.39. The van der Waals surface area contributed by atoms with Gasteiger partial charge in [-0.1, -0.05) is 273 Å². The second-order valence-corrected chi connectivity index (χ2v) is 23.3. The average Bonchev–Trinajstić information content (AvgIpc) is 1.11. The molecular formula is C84H48. The fourth-order valence-corrected chi connectivity index (χ4v) is 15.3. The smallest absolute Gasteiger partial charge is 0.00201 e. The van der Waals surface area contributed by atoms with Gasteiger partial charge in [-0.3, -0.25) is 0 Å². The van der Waals surface area contributed by atoms with Gasteiger partial charge in [0.15, 0.2) is 0 Å². The van der Waals surface area contributed by atoms with E-state index in [2.05, 4.69) is 291 Å². The molecule has 0 saturated heterocycles. The molecule has 0 unspecified atom stereocenters. The zero-order chi connectivity index (χ0) is 54.7. The van der Waals surface area contributed by atoms with Crippen molar-refractivity contribution >= 4 is 129 Å². The monoisotopic (exact) mass is 1060 g/mol. The van der Waals surface area contributed by atoms with Gasteiger partial charge < -0.3 is 0 Å². The van der Waals surface area contributed by atoms with E-state index in [1.165, 1.54) is 196 Å². The van der Waals surface area contributed by atoms with Crippen molar-refractivity contribution in [1.82, 2.24) is 0 Å². The maximum Gasteiger partial charge on any atom is -0.00201 e. The zero-order valence-corrected chi connectivity index (χ0v) is 45.7. The van der Waals surface area contributed by atoms with Crippen molar-refractivity contribution < 1.29 is 0 Å². The summed E-state index contributed by atoms with van der Waals surface area (Å²) in [6.07, 6.45) is 0. The molecule has 0 aliphatic heterocycles. The predicted octanol–water partition coefficient (Wildman–Crippen LogP) is 23.8. The van der Waals surface area contributed by atoms with Crippen LogP contribution in [0.5, 0.6) is 0 Å². The summed E-state index contributed by atoms with van der Waals surface area (Å²) in [6.45, 7) is 0. The summed E-state index contributed by atoms with van der Waals surface area (Å²) in [5.74, 6) is 0. The Morgan fingerprint density at radius 1 is 0.119 bits per heavy atom. The lowest BCUT2D eigenvalue weighted by Crippen LogP contribution is -1.90. The Balaban J connectivity index is 0.734. The van der Waals surface area contributed by atoms with Crippen LogP contribution in [0.1, 0.15) is 0 Å². The highest BCUT2D eigenvalue weighted by molar-refractivity contribution is 6.37. The number of fused-ring (bicyclic) bond motifs is 6. The van der Waals surface area contributed by atoms with Crippen molar-refractivity contribution in [2.24, 2.45) is 0 Å². The van der Waals surface area contributed by atoms with E-state index in [1.807, 2.05) is 0 Å². The first-order valence-corrected chi connectivity index (χ1v) is 29.4. The van der Waals surface area contributed by atoms with Gasteiger partial charge in [0.05, 0.1) is 0 Å². The van der Waals surface area contributed by atoms with Crippen LogP contribution < -0.4 is 0 Å². The van der Waals surface area contributed by atoms with Crippen LogP contribution in [0.4, 0.5) is 0 Å². The standard InChI is InChI=1S/C84H48/c1-10-55-13-4-19-70-76-43-40-61(64-22-7-25-73(82(64)76)67(16-1)79(55)70)52-34-28-49(29-35-52)58-46-59(50-30-36-53(37-31-50)62-41-44-77-71-20-5-14-56-11-2-17-68(80(56)71)74-26-8-23-65(62)83(74)77)48-60(47-58)51-32-38-54(39-33-51)63-42-45-78-72-21-6-15-57-12-3-18-69(81(57)72)75-27-9-24-66(63)84(75)78/h1-48H. The first-order chi connectivity index (χ1) is 41.6. The van der Waals surface area contributed by atoms with Crippen LogP contribution >= 0.6 is 0 Å². The van der Waals surface area contributed by atoms with Crippen LogP contribution in [-0.2, 0) is 0 Å². The van der Waals surface area contributed by atoms with Crippen LogP contribution in [0, 0.1) is 0 Å². The minimum absolute atomic E-state index is 1.18. The molecule has 0 N–H and O–H groups in total. The largest absolute Gasteiger partial charge is 0.0610 e. The third-order valence-electron chi connectivity index (χ3n) is 19.1. The Morgan fingerprint density at radius 3 is 0.560 bits per heavy atom. The topological polar surface area (TPSA) is 0 Å². The molecule has 19 aromatic rings. The summed E-state index contributed by atoms with van der Waals surface area (Å²) in [7, 11) is 0. The maximum atomic E-state index is 2.39. The van der Waals surface area contributed by atoms with Crippen LogP contribution in [0.15, 0.2) is 291 Å². The van der Waals surface area contributed by atoms with Gasteiger partial charge in [0, 0.05) is 0 Å². The molecule has 0 amide bonds. The van der Waals surface area contributed by atoms with E-state index in [9.17, 15) is 0 Å². The SMILES string of the molecule is c1cc2cccc3c4ccc(-c5ccc(-c6cc(-c7ccc(-c8ccc9c%10cccc%11cccc(c%12cccc8c%129)c%11%10)cc7)cc(-c7ccc(-c8ccc9c%10cccc%11cccc(c%12cccc8c%129)c%11%10)cc7)c6)cc5)c5cccc(c(c1)c23)c54. The molecule has 0 heterocycles. The molecular weight excluding hydrogens is 1010 g/mol. The summed E-state index contributed by atoms with van der Waals surface area (Å²) in [4.78, 5) is 0. The fourth-order valence-electron chi connectivity index (χ4n) is 15.3. The van der Waals surface area contributed by atoms with Gasteiger partial charge in [-0.05, 0) is 214 Å². The molecule has 0 aliphatic carbocycles. The second kappa shape index (κ2) is 17.3. The van der Waals surface area contributed by atoms with Crippen molar-refractivity contribution in [3.8, 4) is 66.8 Å². The van der Waals surface area contributed by atoms with E-state index < -0.39 is 0 Å². The lowest BCUT2D eigenvalue weighted by atomic mass is 9.86. The molecule has 0 aliphatic rings. The first-order valence-electron chi connectivity index (χ1n) is 29.4. The molecule has 0 heteroatoms. The lowest BCUT2D eigenvalue weighted by molar-refractivity contribution is 1.56. The molecule has 0 radical (unpaired) electrons. The number of benzene rings is 19. The van der Waals surface area contributed by atoms with Crippen molar-refractivity contribution in [2.45, 2.75) is 0 Å². The molecule has 84 heavy (non-hydrogen) atoms. The quantitative estimate of drug-likeness (QED) is 0.115. The Kier molecular flexibility index (Phi) is 9.43. The summed E-state index contributed by atoms with van der Waals surface area (Å²) >= 11 is 0. The fraction of sp³-hybridized carbons (Fsp3) is 0. The summed E-state index contributed by atoms with van der Waals surface area (Å²) in [5.41, 5.74) is 14.5. The highest BCUT2D eigenvalue weighted by atomic mass is 14.2. The van der Waals surface area contributed by atoms with Gasteiger partial charge >= 0.3 is 0 Å². The van der Waals surface area contributed by atoms with Crippen LogP contribution in [0.25, 0.3) is 196 Å². The van der Waals surface area contributed by atoms with Gasteiger partial charge in [0.2, 0.25) is 0 Å². The minimum Gasteiger partial charge on any atom is -0.0610 e. The Hall–Kier alpha value is -10.9. The van der Waals surface area contributed by atoms with E-state index in [0.29, 0.717) is 0 Å².